The molecule has 0 bridgehead atoms. The standard InChI is InChI=1S/C8H5F2N3O/c9-5-1-2-7(10)6(3-5)8(14)4-12-13-11/h1-3H,4H2. The largest absolute Gasteiger partial charge is 0.294 e. The van der Waals surface area contributed by atoms with Crippen LogP contribution in [0.1, 0.15) is 10.4 Å². The van der Waals surface area contributed by atoms with Crippen molar-refractivity contribution in [3.05, 3.63) is 45.8 Å². The zero-order valence-corrected chi connectivity index (χ0v) is 6.94. The lowest BCUT2D eigenvalue weighted by atomic mass is 10.1. The lowest BCUT2D eigenvalue weighted by Crippen LogP contribution is -2.06. The number of ketones is 1. The maximum Gasteiger partial charge on any atom is 0.171 e. The third-order valence-corrected chi connectivity index (χ3v) is 1.51. The van der Waals surface area contributed by atoms with Gasteiger partial charge < -0.3 is 0 Å². The molecule has 0 N–H and O–H groups in total. The van der Waals surface area contributed by atoms with Crippen LogP contribution >= 0.6 is 0 Å². The Balaban J connectivity index is 2.99. The van der Waals surface area contributed by atoms with Gasteiger partial charge in [0.1, 0.15) is 11.6 Å². The van der Waals surface area contributed by atoms with E-state index >= 15 is 0 Å². The van der Waals surface area contributed by atoms with Gasteiger partial charge in [-0.1, -0.05) is 5.11 Å². The fraction of sp³-hybridized carbons (Fsp3) is 0.125. The van der Waals surface area contributed by atoms with Gasteiger partial charge in [-0.25, -0.2) is 8.78 Å². The number of hydrogen-bond donors (Lipinski definition) is 0. The van der Waals surface area contributed by atoms with Gasteiger partial charge in [-0.15, -0.1) is 0 Å². The highest BCUT2D eigenvalue weighted by Gasteiger charge is 2.11. The highest BCUT2D eigenvalue weighted by Crippen LogP contribution is 2.10. The van der Waals surface area contributed by atoms with E-state index in [2.05, 4.69) is 10.0 Å². The summed E-state index contributed by atoms with van der Waals surface area (Å²) in [7, 11) is 0. The van der Waals surface area contributed by atoms with Gasteiger partial charge in [0.15, 0.2) is 5.78 Å². The van der Waals surface area contributed by atoms with E-state index in [4.69, 9.17) is 5.53 Å². The molecule has 0 saturated carbocycles. The van der Waals surface area contributed by atoms with Crippen molar-refractivity contribution in [3.63, 3.8) is 0 Å². The van der Waals surface area contributed by atoms with Gasteiger partial charge in [0.25, 0.3) is 0 Å². The van der Waals surface area contributed by atoms with Crippen LogP contribution in [0.5, 0.6) is 0 Å². The van der Waals surface area contributed by atoms with Crippen molar-refractivity contribution in [1.29, 1.82) is 0 Å². The second-order valence-corrected chi connectivity index (χ2v) is 2.44. The smallest absolute Gasteiger partial charge is 0.171 e. The van der Waals surface area contributed by atoms with Gasteiger partial charge >= 0.3 is 0 Å². The third kappa shape index (κ3) is 2.27. The molecule has 14 heavy (non-hydrogen) atoms. The average Bonchev–Trinajstić information content (AvgIpc) is 2.18. The van der Waals surface area contributed by atoms with Crippen LogP contribution < -0.4 is 0 Å². The number of benzene rings is 1. The number of halogens is 2. The molecule has 0 aliphatic rings. The van der Waals surface area contributed by atoms with E-state index in [9.17, 15) is 13.6 Å². The minimum absolute atomic E-state index is 0.405. The van der Waals surface area contributed by atoms with Crippen molar-refractivity contribution in [2.75, 3.05) is 6.54 Å². The second kappa shape index (κ2) is 4.34. The molecule has 1 aromatic rings. The van der Waals surface area contributed by atoms with E-state index < -0.39 is 29.5 Å². The van der Waals surface area contributed by atoms with Gasteiger partial charge in [0.2, 0.25) is 0 Å². The first-order valence-corrected chi connectivity index (χ1v) is 3.64. The van der Waals surface area contributed by atoms with E-state index in [1.54, 1.807) is 0 Å². The molecule has 1 rings (SSSR count). The lowest BCUT2D eigenvalue weighted by molar-refractivity contribution is 0.0997. The molecule has 72 valence electrons. The quantitative estimate of drug-likeness (QED) is 0.317. The minimum Gasteiger partial charge on any atom is -0.294 e. The second-order valence-electron chi connectivity index (χ2n) is 2.44. The van der Waals surface area contributed by atoms with Crippen LogP contribution in [0.15, 0.2) is 23.3 Å². The van der Waals surface area contributed by atoms with Crippen molar-refractivity contribution in [1.82, 2.24) is 0 Å². The van der Waals surface area contributed by atoms with E-state index in [1.807, 2.05) is 0 Å². The van der Waals surface area contributed by atoms with Crippen molar-refractivity contribution in [2.24, 2.45) is 5.11 Å². The zero-order chi connectivity index (χ0) is 10.6. The number of rotatable bonds is 3. The Hall–Kier alpha value is -1.94. The van der Waals surface area contributed by atoms with Gasteiger partial charge in [0.05, 0.1) is 12.1 Å². The number of hydrogen-bond acceptors (Lipinski definition) is 2. The summed E-state index contributed by atoms with van der Waals surface area (Å²) in [6, 6.07) is 2.52. The van der Waals surface area contributed by atoms with Gasteiger partial charge in [-0.3, -0.25) is 4.79 Å². The topological polar surface area (TPSA) is 65.8 Å². The molecular weight excluding hydrogens is 192 g/mol. The molecule has 1 aromatic carbocycles. The first kappa shape index (κ1) is 10.1. The Bertz CT molecular complexity index is 413. The summed E-state index contributed by atoms with van der Waals surface area (Å²) < 4.78 is 25.5. The predicted octanol–water partition coefficient (Wildman–Crippen LogP) is 2.46. The lowest BCUT2D eigenvalue weighted by Gasteiger charge is -1.98. The predicted molar refractivity (Wildman–Crippen MR) is 44.7 cm³/mol. The van der Waals surface area contributed by atoms with Crippen molar-refractivity contribution in [2.45, 2.75) is 0 Å². The van der Waals surface area contributed by atoms with Crippen LogP contribution in [0.3, 0.4) is 0 Å². The first-order chi connectivity index (χ1) is 6.65. The Kier molecular flexibility index (Phi) is 3.14. The van der Waals surface area contributed by atoms with E-state index in [-0.39, 0.29) is 0 Å². The summed E-state index contributed by atoms with van der Waals surface area (Å²) >= 11 is 0. The molecule has 4 nitrogen and oxygen atoms in total. The molecule has 0 aliphatic carbocycles. The van der Waals surface area contributed by atoms with Crippen LogP contribution in [0.2, 0.25) is 0 Å². The first-order valence-electron chi connectivity index (χ1n) is 3.64. The molecule has 0 aliphatic heterocycles. The number of nitrogens with zero attached hydrogens (tertiary/aromatic N) is 3. The molecule has 0 heterocycles. The fourth-order valence-electron chi connectivity index (χ4n) is 0.892. The average molecular weight is 197 g/mol. The SMILES string of the molecule is [N-]=[N+]=NCC(=O)c1cc(F)ccc1F. The summed E-state index contributed by atoms with van der Waals surface area (Å²) in [6.07, 6.45) is 0. The van der Waals surface area contributed by atoms with Crippen LogP contribution in [0.4, 0.5) is 8.78 Å². The summed E-state index contributed by atoms with van der Waals surface area (Å²) in [5.74, 6) is -2.29. The van der Waals surface area contributed by atoms with Crippen LogP contribution in [-0.2, 0) is 0 Å². The molecule has 0 atom stereocenters. The highest BCUT2D eigenvalue weighted by atomic mass is 19.1. The third-order valence-electron chi connectivity index (χ3n) is 1.51. The minimum atomic E-state index is -0.829. The Morgan fingerprint density at radius 2 is 2.21 bits per heavy atom. The maximum atomic E-state index is 12.9. The van der Waals surface area contributed by atoms with Crippen LogP contribution in [-0.4, -0.2) is 12.3 Å². The summed E-state index contributed by atoms with van der Waals surface area (Å²) in [6.45, 7) is -0.517. The number of azide groups is 1. The van der Waals surface area contributed by atoms with E-state index in [0.717, 1.165) is 18.2 Å². The molecule has 0 fully saturated rings. The molecule has 0 unspecified atom stereocenters. The Morgan fingerprint density at radius 3 is 2.86 bits per heavy atom. The Morgan fingerprint density at radius 1 is 1.50 bits per heavy atom. The molecule has 0 amide bonds. The molecule has 6 heteroatoms. The molecule has 0 radical (unpaired) electrons. The molecule has 0 aromatic heterocycles. The number of Topliss-reactive ketones (excluding diaryl/α,β-unsaturated/α-hetero) is 1. The van der Waals surface area contributed by atoms with Crippen molar-refractivity contribution in [3.8, 4) is 0 Å². The zero-order valence-electron chi connectivity index (χ0n) is 6.94. The Labute approximate surface area is 77.8 Å². The van der Waals surface area contributed by atoms with Gasteiger partial charge in [-0.05, 0) is 23.7 Å². The van der Waals surface area contributed by atoms with Crippen molar-refractivity contribution < 1.29 is 13.6 Å². The van der Waals surface area contributed by atoms with Crippen LogP contribution in [0.25, 0.3) is 10.4 Å². The molecular formula is C8H5F2N3O. The summed E-state index contributed by atoms with van der Waals surface area (Å²) in [4.78, 5) is 13.4. The van der Waals surface area contributed by atoms with E-state index in [1.165, 1.54) is 0 Å². The highest BCUT2D eigenvalue weighted by molar-refractivity contribution is 5.97. The number of carbonyl (C=O) groups excluding carboxylic acids is 1. The van der Waals surface area contributed by atoms with Crippen molar-refractivity contribution >= 4 is 5.78 Å². The molecule has 0 saturated heterocycles. The van der Waals surface area contributed by atoms with E-state index in [0.29, 0.717) is 0 Å². The van der Waals surface area contributed by atoms with Crippen LogP contribution in [0, 0.1) is 11.6 Å². The maximum absolute atomic E-state index is 12.9. The molecule has 0 spiro atoms. The fourth-order valence-corrected chi connectivity index (χ4v) is 0.892. The monoisotopic (exact) mass is 197 g/mol. The number of carbonyl (C=O) groups is 1. The summed E-state index contributed by atoms with van der Waals surface area (Å²) in [5, 5.41) is 2.96. The van der Waals surface area contributed by atoms with Gasteiger partial charge in [0, 0.05) is 4.91 Å². The summed E-state index contributed by atoms with van der Waals surface area (Å²) in [5.41, 5.74) is 7.52. The normalized spacial score (nSPS) is 9.29. The van der Waals surface area contributed by atoms with Gasteiger partial charge in [-0.2, -0.15) is 0 Å².